The number of hydrogen-bond donors (Lipinski definition) is 0. The van der Waals surface area contributed by atoms with Crippen LogP contribution in [0.5, 0.6) is 0 Å². The van der Waals surface area contributed by atoms with Crippen molar-refractivity contribution in [1.29, 1.82) is 0 Å². The lowest BCUT2D eigenvalue weighted by Gasteiger charge is -2.36. The summed E-state index contributed by atoms with van der Waals surface area (Å²) in [6, 6.07) is 0.734. The lowest BCUT2D eigenvalue weighted by atomic mass is 9.95. The third kappa shape index (κ3) is 5.87. The largest absolute Gasteiger partial charge is 0.306 e. The monoisotopic (exact) mass is 240 g/mol. The van der Waals surface area contributed by atoms with Crippen molar-refractivity contribution in [2.75, 3.05) is 33.2 Å². The molecule has 1 aliphatic heterocycles. The molecule has 0 aromatic carbocycles. The average Bonchev–Trinajstić information content (AvgIpc) is 2.30. The van der Waals surface area contributed by atoms with Gasteiger partial charge in [-0.15, -0.1) is 0 Å². The molecular weight excluding hydrogens is 208 g/mol. The number of likely N-dealkylation sites (tertiary alicyclic amines) is 1. The molecule has 0 radical (unpaired) electrons. The first-order chi connectivity index (χ1) is 8.13. The molecule has 1 saturated heterocycles. The van der Waals surface area contributed by atoms with Gasteiger partial charge in [-0.3, -0.25) is 0 Å². The first kappa shape index (κ1) is 15.0. The van der Waals surface area contributed by atoms with E-state index in [-0.39, 0.29) is 0 Å². The number of nitrogens with zero attached hydrogens (tertiary/aromatic N) is 2. The zero-order valence-corrected chi connectivity index (χ0v) is 12.4. The third-order valence-corrected chi connectivity index (χ3v) is 4.09. The van der Waals surface area contributed by atoms with Gasteiger partial charge in [0.2, 0.25) is 0 Å². The van der Waals surface area contributed by atoms with Gasteiger partial charge in [0.1, 0.15) is 0 Å². The number of rotatable bonds is 7. The highest BCUT2D eigenvalue weighted by Gasteiger charge is 2.21. The molecule has 1 rings (SSSR count). The van der Waals surface area contributed by atoms with Crippen molar-refractivity contribution in [2.24, 2.45) is 5.92 Å². The maximum atomic E-state index is 2.62. The molecule has 0 aromatic heterocycles. The van der Waals surface area contributed by atoms with E-state index in [1.54, 1.807) is 0 Å². The molecular formula is C15H32N2. The van der Waals surface area contributed by atoms with Gasteiger partial charge in [-0.25, -0.2) is 0 Å². The van der Waals surface area contributed by atoms with Crippen LogP contribution in [0, 0.1) is 5.92 Å². The van der Waals surface area contributed by atoms with E-state index in [2.05, 4.69) is 37.6 Å². The third-order valence-electron chi connectivity index (χ3n) is 4.09. The SMILES string of the molecule is CCCCCN(C)CC1CCN(C(C)C)CC1. The van der Waals surface area contributed by atoms with Gasteiger partial charge in [0.05, 0.1) is 0 Å². The molecule has 0 atom stereocenters. The molecule has 0 N–H and O–H groups in total. The molecule has 0 spiro atoms. The quantitative estimate of drug-likeness (QED) is 0.630. The smallest absolute Gasteiger partial charge is 0.00385 e. The summed E-state index contributed by atoms with van der Waals surface area (Å²) in [7, 11) is 2.30. The molecule has 2 nitrogen and oxygen atoms in total. The minimum Gasteiger partial charge on any atom is -0.306 e. The Hall–Kier alpha value is -0.0800. The molecule has 0 amide bonds. The van der Waals surface area contributed by atoms with Gasteiger partial charge in [0, 0.05) is 12.6 Å². The van der Waals surface area contributed by atoms with Crippen LogP contribution in [0.15, 0.2) is 0 Å². The van der Waals surface area contributed by atoms with Crippen molar-refractivity contribution in [3.8, 4) is 0 Å². The highest BCUT2D eigenvalue weighted by molar-refractivity contribution is 4.76. The number of hydrogen-bond acceptors (Lipinski definition) is 2. The van der Waals surface area contributed by atoms with Crippen LogP contribution in [0.4, 0.5) is 0 Å². The summed E-state index contributed by atoms with van der Waals surface area (Å²) >= 11 is 0. The van der Waals surface area contributed by atoms with Crippen LogP contribution in [0.2, 0.25) is 0 Å². The molecule has 1 fully saturated rings. The van der Waals surface area contributed by atoms with Crippen LogP contribution in [-0.4, -0.2) is 49.1 Å². The predicted molar refractivity (Wildman–Crippen MR) is 76.5 cm³/mol. The first-order valence-electron chi connectivity index (χ1n) is 7.56. The fraction of sp³-hybridized carbons (Fsp3) is 1.00. The topological polar surface area (TPSA) is 6.48 Å². The Bertz CT molecular complexity index is 183. The van der Waals surface area contributed by atoms with Crippen molar-refractivity contribution in [3.05, 3.63) is 0 Å². The van der Waals surface area contributed by atoms with E-state index < -0.39 is 0 Å². The maximum Gasteiger partial charge on any atom is 0.00385 e. The number of unbranched alkanes of at least 4 members (excludes halogenated alkanes) is 2. The molecule has 17 heavy (non-hydrogen) atoms. The van der Waals surface area contributed by atoms with Gasteiger partial charge in [-0.05, 0) is 65.7 Å². The summed E-state index contributed by atoms with van der Waals surface area (Å²) in [6.45, 7) is 12.1. The van der Waals surface area contributed by atoms with Gasteiger partial charge in [-0.1, -0.05) is 19.8 Å². The van der Waals surface area contributed by atoms with Crippen molar-refractivity contribution < 1.29 is 0 Å². The molecule has 0 aromatic rings. The zero-order chi connectivity index (χ0) is 12.7. The predicted octanol–water partition coefficient (Wildman–Crippen LogP) is 3.23. The summed E-state index contributed by atoms with van der Waals surface area (Å²) in [5, 5.41) is 0. The zero-order valence-electron chi connectivity index (χ0n) is 12.4. The summed E-state index contributed by atoms with van der Waals surface area (Å²) in [4.78, 5) is 5.17. The van der Waals surface area contributed by atoms with E-state index in [1.165, 1.54) is 58.3 Å². The van der Waals surface area contributed by atoms with Crippen LogP contribution in [0.1, 0.15) is 52.9 Å². The second kappa shape index (κ2) is 8.10. The van der Waals surface area contributed by atoms with E-state index >= 15 is 0 Å². The molecule has 0 unspecified atom stereocenters. The summed E-state index contributed by atoms with van der Waals surface area (Å²) in [6.07, 6.45) is 6.89. The van der Waals surface area contributed by atoms with Crippen molar-refractivity contribution in [1.82, 2.24) is 9.80 Å². The molecule has 0 aliphatic carbocycles. The van der Waals surface area contributed by atoms with Gasteiger partial charge in [0.25, 0.3) is 0 Å². The summed E-state index contributed by atoms with van der Waals surface area (Å²) < 4.78 is 0. The van der Waals surface area contributed by atoms with Gasteiger partial charge in [-0.2, -0.15) is 0 Å². The van der Waals surface area contributed by atoms with E-state index in [4.69, 9.17) is 0 Å². The first-order valence-corrected chi connectivity index (χ1v) is 7.56. The summed E-state index contributed by atoms with van der Waals surface area (Å²) in [5.74, 6) is 0.941. The van der Waals surface area contributed by atoms with Gasteiger partial charge in [0.15, 0.2) is 0 Å². The highest BCUT2D eigenvalue weighted by Crippen LogP contribution is 2.19. The Morgan fingerprint density at radius 3 is 2.35 bits per heavy atom. The van der Waals surface area contributed by atoms with E-state index in [0.717, 1.165) is 12.0 Å². The van der Waals surface area contributed by atoms with Crippen molar-refractivity contribution >= 4 is 0 Å². The van der Waals surface area contributed by atoms with Gasteiger partial charge < -0.3 is 9.80 Å². The van der Waals surface area contributed by atoms with E-state index in [1.807, 2.05) is 0 Å². The van der Waals surface area contributed by atoms with Crippen molar-refractivity contribution in [2.45, 2.75) is 58.9 Å². The fourth-order valence-electron chi connectivity index (χ4n) is 2.82. The van der Waals surface area contributed by atoms with E-state index in [9.17, 15) is 0 Å². The lowest BCUT2D eigenvalue weighted by molar-refractivity contribution is 0.128. The van der Waals surface area contributed by atoms with Crippen LogP contribution in [-0.2, 0) is 0 Å². The van der Waals surface area contributed by atoms with E-state index in [0.29, 0.717) is 0 Å². The molecule has 0 bridgehead atoms. The minimum absolute atomic E-state index is 0.734. The molecule has 2 heteroatoms. The second-order valence-electron chi connectivity index (χ2n) is 6.04. The van der Waals surface area contributed by atoms with Crippen LogP contribution in [0.25, 0.3) is 0 Å². The molecule has 1 heterocycles. The Morgan fingerprint density at radius 2 is 1.82 bits per heavy atom. The standard InChI is InChI=1S/C15H32N2/c1-5-6-7-10-16(4)13-15-8-11-17(12-9-15)14(2)3/h14-15H,5-13H2,1-4H3. The molecule has 0 saturated carbocycles. The minimum atomic E-state index is 0.734. The fourth-order valence-corrected chi connectivity index (χ4v) is 2.82. The normalized spacial score (nSPS) is 19.4. The highest BCUT2D eigenvalue weighted by atomic mass is 15.2. The van der Waals surface area contributed by atoms with Gasteiger partial charge >= 0.3 is 0 Å². The van der Waals surface area contributed by atoms with Crippen LogP contribution >= 0.6 is 0 Å². The maximum absolute atomic E-state index is 2.62. The second-order valence-corrected chi connectivity index (χ2v) is 6.04. The Balaban J connectivity index is 2.12. The van der Waals surface area contributed by atoms with Crippen molar-refractivity contribution in [3.63, 3.8) is 0 Å². The molecule has 102 valence electrons. The van der Waals surface area contributed by atoms with Crippen LogP contribution < -0.4 is 0 Å². The Kier molecular flexibility index (Phi) is 7.14. The number of piperidine rings is 1. The van der Waals surface area contributed by atoms with Crippen LogP contribution in [0.3, 0.4) is 0 Å². The Labute approximate surface area is 108 Å². The Morgan fingerprint density at radius 1 is 1.18 bits per heavy atom. The average molecular weight is 240 g/mol. The summed E-state index contributed by atoms with van der Waals surface area (Å²) in [5.41, 5.74) is 0. The lowest BCUT2D eigenvalue weighted by Crippen LogP contribution is -2.41. The molecule has 1 aliphatic rings.